The number of ketones is 1. The van der Waals surface area contributed by atoms with E-state index >= 15 is 0 Å². The fourth-order valence-corrected chi connectivity index (χ4v) is 3.91. The molecule has 5 nitrogen and oxygen atoms in total. The monoisotopic (exact) mass is 434 g/mol. The summed E-state index contributed by atoms with van der Waals surface area (Å²) in [7, 11) is 0. The summed E-state index contributed by atoms with van der Waals surface area (Å²) in [5.74, 6) is 1.40. The summed E-state index contributed by atoms with van der Waals surface area (Å²) in [6.07, 6.45) is 1.01. The minimum absolute atomic E-state index is 0.0197. The molecule has 1 aromatic heterocycles. The van der Waals surface area contributed by atoms with Crippen molar-refractivity contribution < 1.29 is 9.18 Å². The highest BCUT2D eigenvalue weighted by atomic mass is 32.2. The van der Waals surface area contributed by atoms with Crippen LogP contribution >= 0.6 is 11.8 Å². The quantitative estimate of drug-likeness (QED) is 0.257. The van der Waals surface area contributed by atoms with Gasteiger partial charge in [-0.25, -0.2) is 14.4 Å². The number of hydrogen-bond acceptors (Lipinski definition) is 6. The van der Waals surface area contributed by atoms with E-state index in [1.54, 1.807) is 36.4 Å². The van der Waals surface area contributed by atoms with Crippen LogP contribution in [0.3, 0.4) is 0 Å². The van der Waals surface area contributed by atoms with Crippen molar-refractivity contribution in [1.29, 1.82) is 5.26 Å². The highest BCUT2D eigenvalue weighted by molar-refractivity contribution is 7.99. The van der Waals surface area contributed by atoms with E-state index < -0.39 is 0 Å². The number of Topliss-reactive ketones (excluding diaryl/α,β-unsaturated/α-hetero) is 1. The molecule has 0 aliphatic heterocycles. The Bertz CT molecular complexity index is 1110. The Morgan fingerprint density at radius 1 is 1.13 bits per heavy atom. The third-order valence-corrected chi connectivity index (χ3v) is 5.48. The molecule has 0 spiro atoms. The molecule has 0 saturated heterocycles. The molecule has 1 heterocycles. The van der Waals surface area contributed by atoms with Crippen LogP contribution in [0, 0.1) is 23.1 Å². The van der Waals surface area contributed by atoms with E-state index in [9.17, 15) is 14.4 Å². The molecule has 1 N–H and O–H groups in total. The Morgan fingerprint density at radius 3 is 2.39 bits per heavy atom. The Kier molecular flexibility index (Phi) is 7.37. The number of benzene rings is 2. The van der Waals surface area contributed by atoms with E-state index in [0.717, 1.165) is 12.2 Å². The van der Waals surface area contributed by atoms with Gasteiger partial charge in [0.2, 0.25) is 0 Å². The van der Waals surface area contributed by atoms with Gasteiger partial charge in [0.1, 0.15) is 17.4 Å². The fraction of sp³-hybridized carbons (Fsp3) is 0.250. The lowest BCUT2D eigenvalue weighted by atomic mass is 10.1. The summed E-state index contributed by atoms with van der Waals surface area (Å²) in [6, 6.07) is 15.1. The summed E-state index contributed by atoms with van der Waals surface area (Å²) < 4.78 is 13.4. The first-order valence-electron chi connectivity index (χ1n) is 9.96. The van der Waals surface area contributed by atoms with Crippen molar-refractivity contribution in [3.8, 4) is 17.3 Å². The second-order valence-electron chi connectivity index (χ2n) is 7.49. The molecule has 0 aliphatic rings. The maximum atomic E-state index is 13.4. The summed E-state index contributed by atoms with van der Waals surface area (Å²) in [5, 5.41) is 13.6. The lowest BCUT2D eigenvalue weighted by Crippen LogP contribution is -2.04. The van der Waals surface area contributed by atoms with Crippen LogP contribution in [-0.4, -0.2) is 21.5 Å². The van der Waals surface area contributed by atoms with E-state index in [0.29, 0.717) is 39.4 Å². The molecule has 0 amide bonds. The number of aromatic nitrogens is 2. The zero-order valence-electron chi connectivity index (χ0n) is 17.6. The van der Waals surface area contributed by atoms with Gasteiger partial charge in [-0.3, -0.25) is 4.79 Å². The molecule has 0 aliphatic carbocycles. The van der Waals surface area contributed by atoms with Crippen molar-refractivity contribution in [2.45, 2.75) is 32.3 Å². The van der Waals surface area contributed by atoms with Gasteiger partial charge >= 0.3 is 0 Å². The largest absolute Gasteiger partial charge is 0.339 e. The molecular formula is C24H23FN4OS. The smallest absolute Gasteiger partial charge is 0.190 e. The zero-order chi connectivity index (χ0) is 22.4. The summed E-state index contributed by atoms with van der Waals surface area (Å²) >= 11 is 1.52. The first kappa shape index (κ1) is 22.4. The molecule has 0 unspecified atom stereocenters. The van der Waals surface area contributed by atoms with E-state index in [1.807, 2.05) is 0 Å². The van der Waals surface area contributed by atoms with Crippen molar-refractivity contribution in [3.05, 3.63) is 65.5 Å². The number of nitriles is 1. The molecule has 31 heavy (non-hydrogen) atoms. The van der Waals surface area contributed by atoms with E-state index in [2.05, 4.69) is 35.2 Å². The third kappa shape index (κ3) is 5.89. The van der Waals surface area contributed by atoms with E-state index in [4.69, 9.17) is 0 Å². The number of carbonyl (C=O) groups excluding carboxylic acids is 1. The maximum Gasteiger partial charge on any atom is 0.190 e. The number of hydrogen-bond donors (Lipinski definition) is 1. The van der Waals surface area contributed by atoms with E-state index in [1.165, 1.54) is 30.8 Å². The van der Waals surface area contributed by atoms with Gasteiger partial charge < -0.3 is 5.32 Å². The van der Waals surface area contributed by atoms with Gasteiger partial charge in [0.15, 0.2) is 16.8 Å². The number of anilines is 2. The Labute approximate surface area is 185 Å². The molecule has 2 aromatic carbocycles. The van der Waals surface area contributed by atoms with Gasteiger partial charge in [-0.1, -0.05) is 25.6 Å². The van der Waals surface area contributed by atoms with Gasteiger partial charge in [-0.15, -0.1) is 0 Å². The molecule has 0 bridgehead atoms. The number of halogens is 1. The fourth-order valence-electron chi connectivity index (χ4n) is 2.83. The molecular weight excluding hydrogens is 411 g/mol. The lowest BCUT2D eigenvalue weighted by molar-refractivity contribution is 0.101. The van der Waals surface area contributed by atoms with Crippen molar-refractivity contribution in [2.75, 3.05) is 11.1 Å². The SMILES string of the molecule is CC(=O)c1ccc(Nc2nc(SCCC(C)C)nc(-c3ccc(F)cc3)c2C#N)cc1. The Hall–Kier alpha value is -3.24. The van der Waals surface area contributed by atoms with Crippen LogP contribution < -0.4 is 5.32 Å². The molecule has 158 valence electrons. The average Bonchev–Trinajstić information content (AvgIpc) is 2.74. The van der Waals surface area contributed by atoms with Gasteiger partial charge in [0, 0.05) is 22.6 Å². The van der Waals surface area contributed by atoms with Crippen LogP contribution in [0.25, 0.3) is 11.3 Å². The van der Waals surface area contributed by atoms with Crippen LogP contribution in [0.5, 0.6) is 0 Å². The summed E-state index contributed by atoms with van der Waals surface area (Å²) in [6.45, 7) is 5.82. The zero-order valence-corrected chi connectivity index (χ0v) is 18.5. The van der Waals surface area contributed by atoms with Gasteiger partial charge in [0.25, 0.3) is 0 Å². The second kappa shape index (κ2) is 10.2. The highest BCUT2D eigenvalue weighted by Crippen LogP contribution is 2.31. The molecule has 0 radical (unpaired) electrons. The average molecular weight is 435 g/mol. The minimum atomic E-state index is -0.355. The van der Waals surface area contributed by atoms with Crippen LogP contribution in [0.1, 0.15) is 43.1 Å². The van der Waals surface area contributed by atoms with Crippen LogP contribution in [0.4, 0.5) is 15.9 Å². The number of nitrogens with one attached hydrogen (secondary N) is 1. The van der Waals surface area contributed by atoms with Crippen molar-refractivity contribution >= 4 is 29.1 Å². The normalized spacial score (nSPS) is 10.7. The van der Waals surface area contributed by atoms with Crippen molar-refractivity contribution in [2.24, 2.45) is 5.92 Å². The van der Waals surface area contributed by atoms with Gasteiger partial charge in [0.05, 0.1) is 5.69 Å². The van der Waals surface area contributed by atoms with Crippen LogP contribution in [-0.2, 0) is 0 Å². The second-order valence-corrected chi connectivity index (χ2v) is 8.55. The van der Waals surface area contributed by atoms with Gasteiger partial charge in [-0.2, -0.15) is 5.26 Å². The lowest BCUT2D eigenvalue weighted by Gasteiger charge is -2.13. The van der Waals surface area contributed by atoms with E-state index in [-0.39, 0.29) is 17.2 Å². The van der Waals surface area contributed by atoms with Gasteiger partial charge in [-0.05, 0) is 67.8 Å². The number of thioether (sulfide) groups is 1. The molecule has 7 heteroatoms. The summed E-state index contributed by atoms with van der Waals surface area (Å²) in [5.41, 5.74) is 2.66. The third-order valence-electron chi connectivity index (χ3n) is 4.60. The first-order valence-corrected chi connectivity index (χ1v) is 10.9. The number of nitrogens with zero attached hydrogens (tertiary/aromatic N) is 3. The minimum Gasteiger partial charge on any atom is -0.339 e. The number of carbonyl (C=O) groups is 1. The molecule has 0 saturated carbocycles. The Morgan fingerprint density at radius 2 is 1.81 bits per heavy atom. The van der Waals surface area contributed by atoms with Crippen molar-refractivity contribution in [1.82, 2.24) is 9.97 Å². The van der Waals surface area contributed by atoms with Crippen LogP contribution in [0.2, 0.25) is 0 Å². The predicted octanol–water partition coefficient (Wildman–Crippen LogP) is 6.24. The molecule has 3 aromatic rings. The molecule has 3 rings (SSSR count). The molecule has 0 atom stereocenters. The predicted molar refractivity (Wildman–Crippen MR) is 122 cm³/mol. The highest BCUT2D eigenvalue weighted by Gasteiger charge is 2.17. The molecule has 0 fully saturated rings. The number of rotatable bonds is 8. The topological polar surface area (TPSA) is 78.7 Å². The standard InChI is InChI=1S/C24H23FN4OS/c1-15(2)12-13-31-24-28-22(18-4-8-19(25)9-5-18)21(14-26)23(29-24)27-20-10-6-17(7-11-20)16(3)30/h4-11,15H,12-13H2,1-3H3,(H,27,28,29). The van der Waals surface area contributed by atoms with Crippen molar-refractivity contribution in [3.63, 3.8) is 0 Å². The summed E-state index contributed by atoms with van der Waals surface area (Å²) in [4.78, 5) is 20.7. The maximum absolute atomic E-state index is 13.4. The van der Waals surface area contributed by atoms with Crippen LogP contribution in [0.15, 0.2) is 53.7 Å². The Balaban J connectivity index is 2.02. The first-order chi connectivity index (χ1) is 14.9.